The topological polar surface area (TPSA) is 149 Å². The Morgan fingerprint density at radius 1 is 0.466 bits per heavy atom. The van der Waals surface area contributed by atoms with Gasteiger partial charge in [-0.25, -0.2) is 0 Å². The first-order valence-electron chi connectivity index (χ1n) is 31.4. The molecule has 1 aliphatic heterocycles. The lowest BCUT2D eigenvalue weighted by atomic mass is 9.99. The molecule has 73 heavy (non-hydrogen) atoms. The second-order valence-electron chi connectivity index (χ2n) is 21.8. The minimum atomic E-state index is -1.57. The highest BCUT2D eigenvalue weighted by molar-refractivity contribution is 5.76. The molecular formula is C64H119NO8. The molecule has 9 heteroatoms. The van der Waals surface area contributed by atoms with Crippen molar-refractivity contribution in [1.29, 1.82) is 0 Å². The fourth-order valence-electron chi connectivity index (χ4n) is 9.91. The Kier molecular flexibility index (Phi) is 50.7. The van der Waals surface area contributed by atoms with Crippen LogP contribution in [0.5, 0.6) is 0 Å². The second kappa shape index (κ2) is 53.5. The fraction of sp³-hybridized carbons (Fsp3) is 0.859. The molecule has 1 saturated heterocycles. The van der Waals surface area contributed by atoms with Gasteiger partial charge in [-0.15, -0.1) is 0 Å². The zero-order chi connectivity index (χ0) is 52.9. The predicted molar refractivity (Wildman–Crippen MR) is 309 cm³/mol. The van der Waals surface area contributed by atoms with Crippen LogP contribution in [0.4, 0.5) is 0 Å². The summed E-state index contributed by atoms with van der Waals surface area (Å²) < 4.78 is 11.3. The zero-order valence-electron chi connectivity index (χ0n) is 47.6. The molecule has 0 radical (unpaired) electrons. The molecule has 0 aromatic carbocycles. The van der Waals surface area contributed by atoms with Gasteiger partial charge in [0.05, 0.1) is 25.4 Å². The zero-order valence-corrected chi connectivity index (χ0v) is 47.6. The monoisotopic (exact) mass is 1030 g/mol. The second-order valence-corrected chi connectivity index (χ2v) is 21.8. The summed E-state index contributed by atoms with van der Waals surface area (Å²) in [5.41, 5.74) is 0. The van der Waals surface area contributed by atoms with E-state index >= 15 is 0 Å². The molecule has 0 spiro atoms. The van der Waals surface area contributed by atoms with Crippen molar-refractivity contribution in [3.05, 3.63) is 48.6 Å². The van der Waals surface area contributed by atoms with Crippen molar-refractivity contribution in [3.63, 3.8) is 0 Å². The van der Waals surface area contributed by atoms with E-state index in [2.05, 4.69) is 55.6 Å². The Labute approximate surface area is 450 Å². The van der Waals surface area contributed by atoms with Gasteiger partial charge in [-0.1, -0.05) is 274 Å². The lowest BCUT2D eigenvalue weighted by Gasteiger charge is -2.40. The molecule has 0 aromatic rings. The molecule has 7 atom stereocenters. The van der Waals surface area contributed by atoms with Crippen LogP contribution < -0.4 is 5.32 Å². The molecule has 0 aromatic heterocycles. The molecule has 1 fully saturated rings. The number of carbonyl (C=O) groups is 1. The average Bonchev–Trinajstić information content (AvgIpc) is 3.39. The van der Waals surface area contributed by atoms with E-state index < -0.39 is 49.5 Å². The van der Waals surface area contributed by atoms with E-state index in [1.807, 2.05) is 6.08 Å². The van der Waals surface area contributed by atoms with Gasteiger partial charge in [0, 0.05) is 6.42 Å². The molecule has 9 nitrogen and oxygen atoms in total. The van der Waals surface area contributed by atoms with E-state index in [9.17, 15) is 30.3 Å². The largest absolute Gasteiger partial charge is 0.394 e. The van der Waals surface area contributed by atoms with E-state index in [1.54, 1.807) is 6.08 Å². The van der Waals surface area contributed by atoms with Crippen molar-refractivity contribution < 1.29 is 39.8 Å². The van der Waals surface area contributed by atoms with Crippen molar-refractivity contribution in [1.82, 2.24) is 5.32 Å². The summed E-state index contributed by atoms with van der Waals surface area (Å²) in [4.78, 5) is 13.1. The van der Waals surface area contributed by atoms with Gasteiger partial charge in [-0.05, 0) is 64.2 Å². The molecule has 6 N–H and O–H groups in total. The summed E-state index contributed by atoms with van der Waals surface area (Å²) in [5.74, 6) is -0.189. The van der Waals surface area contributed by atoms with Gasteiger partial charge in [-0.3, -0.25) is 4.79 Å². The number of aliphatic hydroxyl groups is 5. The molecular weight excluding hydrogens is 911 g/mol. The summed E-state index contributed by atoms with van der Waals surface area (Å²) in [7, 11) is 0. The van der Waals surface area contributed by atoms with Crippen LogP contribution in [0, 0.1) is 0 Å². The summed E-state index contributed by atoms with van der Waals surface area (Å²) in [6.07, 6.45) is 64.9. The van der Waals surface area contributed by atoms with Crippen LogP contribution in [0.25, 0.3) is 0 Å². The Hall–Kier alpha value is -1.85. The number of hydrogen-bond acceptors (Lipinski definition) is 8. The summed E-state index contributed by atoms with van der Waals surface area (Å²) in [6.45, 7) is 3.77. The van der Waals surface area contributed by atoms with E-state index in [1.165, 1.54) is 225 Å². The maximum Gasteiger partial charge on any atom is 0.220 e. The highest BCUT2D eigenvalue weighted by Gasteiger charge is 2.44. The van der Waals surface area contributed by atoms with Gasteiger partial charge in [0.1, 0.15) is 24.4 Å². The first kappa shape index (κ1) is 69.2. The van der Waals surface area contributed by atoms with Crippen LogP contribution in [0.1, 0.15) is 296 Å². The van der Waals surface area contributed by atoms with Crippen molar-refractivity contribution in [2.24, 2.45) is 0 Å². The average molecular weight is 1030 g/mol. The third kappa shape index (κ3) is 42.9. The maximum atomic E-state index is 13.1. The maximum absolute atomic E-state index is 13.1. The molecule has 1 heterocycles. The van der Waals surface area contributed by atoms with Crippen molar-refractivity contribution in [2.75, 3.05) is 13.2 Å². The van der Waals surface area contributed by atoms with Gasteiger partial charge in [-0.2, -0.15) is 0 Å². The minimum absolute atomic E-state index is 0.189. The molecule has 1 aliphatic rings. The highest BCUT2D eigenvalue weighted by atomic mass is 16.7. The molecule has 1 rings (SSSR count). The van der Waals surface area contributed by atoms with E-state index in [0.717, 1.165) is 51.4 Å². The van der Waals surface area contributed by atoms with Crippen LogP contribution in [-0.2, 0) is 14.3 Å². The predicted octanol–water partition coefficient (Wildman–Crippen LogP) is 16.1. The highest BCUT2D eigenvalue weighted by Crippen LogP contribution is 2.23. The fourth-order valence-corrected chi connectivity index (χ4v) is 9.91. The van der Waals surface area contributed by atoms with Crippen LogP contribution in [0.2, 0.25) is 0 Å². The van der Waals surface area contributed by atoms with Crippen LogP contribution in [0.3, 0.4) is 0 Å². The molecule has 1 amide bonds. The van der Waals surface area contributed by atoms with E-state index in [0.29, 0.717) is 6.42 Å². The SMILES string of the molecule is CCCCC/C=C\C/C=C\CCCCCCCCCCCC(=O)NC(COC1OC(CO)C(O)C(O)C1O)C(O)/C=C/CC/C=C/CCCCCCCCCCCCCCCCCCCCCCCCCCC. The molecule has 0 saturated carbocycles. The minimum Gasteiger partial charge on any atom is -0.394 e. The normalized spacial score (nSPS) is 19.4. The van der Waals surface area contributed by atoms with Gasteiger partial charge in [0.2, 0.25) is 5.91 Å². The quantitative estimate of drug-likeness (QED) is 0.0261. The number of nitrogens with one attached hydrogen (secondary N) is 1. The number of rotatable bonds is 54. The molecule has 7 unspecified atom stereocenters. The van der Waals surface area contributed by atoms with Crippen LogP contribution in [-0.4, -0.2) is 87.5 Å². The number of allylic oxidation sites excluding steroid dienone is 7. The molecule has 0 bridgehead atoms. The third-order valence-electron chi connectivity index (χ3n) is 14.9. The van der Waals surface area contributed by atoms with Gasteiger partial charge >= 0.3 is 0 Å². The Morgan fingerprint density at radius 2 is 0.822 bits per heavy atom. The van der Waals surface area contributed by atoms with Gasteiger partial charge in [0.25, 0.3) is 0 Å². The molecule has 0 aliphatic carbocycles. The third-order valence-corrected chi connectivity index (χ3v) is 14.9. The van der Waals surface area contributed by atoms with Gasteiger partial charge in [0.15, 0.2) is 6.29 Å². The first-order chi connectivity index (χ1) is 35.8. The number of hydrogen-bond donors (Lipinski definition) is 6. The van der Waals surface area contributed by atoms with Crippen molar-refractivity contribution in [3.8, 4) is 0 Å². The number of carbonyl (C=O) groups excluding carboxylic acids is 1. The van der Waals surface area contributed by atoms with E-state index in [4.69, 9.17) is 9.47 Å². The lowest BCUT2D eigenvalue weighted by molar-refractivity contribution is -0.302. The summed E-state index contributed by atoms with van der Waals surface area (Å²) in [6, 6.07) is -0.826. The standard InChI is InChI=1S/C64H119NO8/c1-3-5-7-9-11-13-15-17-19-21-23-24-25-26-27-28-29-30-31-32-33-34-36-37-39-41-43-45-47-49-51-53-58(67)57(56-72-64-63(71)62(70)61(69)59(55-66)73-64)65-60(68)54-52-50-48-46-44-42-40-38-35-22-20-18-16-14-12-10-8-6-4-2/h12,14,18,20,43,45,51,53,57-59,61-64,66-67,69-71H,3-11,13,15-17,19,21-42,44,46-50,52,54-56H2,1-2H3,(H,65,68)/b14-12-,20-18-,45-43+,53-51+. The Morgan fingerprint density at radius 3 is 1.26 bits per heavy atom. The van der Waals surface area contributed by atoms with Crippen molar-refractivity contribution >= 4 is 5.91 Å². The Bertz CT molecular complexity index is 1290. The smallest absolute Gasteiger partial charge is 0.220 e. The van der Waals surface area contributed by atoms with Crippen LogP contribution in [0.15, 0.2) is 48.6 Å². The summed E-state index contributed by atoms with van der Waals surface area (Å²) >= 11 is 0. The summed E-state index contributed by atoms with van der Waals surface area (Å²) in [5, 5.41) is 54.6. The number of amides is 1. The first-order valence-corrected chi connectivity index (χ1v) is 31.4. The molecule has 428 valence electrons. The number of unbranched alkanes of at least 4 members (excludes halogenated alkanes) is 38. The van der Waals surface area contributed by atoms with Gasteiger partial charge < -0.3 is 40.3 Å². The Balaban J connectivity index is 2.19. The number of aliphatic hydroxyl groups excluding tert-OH is 5. The number of ether oxygens (including phenoxy) is 2. The van der Waals surface area contributed by atoms with Crippen molar-refractivity contribution in [2.45, 2.75) is 339 Å². The lowest BCUT2D eigenvalue weighted by Crippen LogP contribution is -2.60. The van der Waals surface area contributed by atoms with Crippen LogP contribution >= 0.6 is 0 Å². The van der Waals surface area contributed by atoms with E-state index in [-0.39, 0.29) is 12.5 Å².